The van der Waals surface area contributed by atoms with Crippen molar-refractivity contribution in [3.8, 4) is 11.1 Å². The molecule has 0 unspecified atom stereocenters. The number of hydrogen-bond donors (Lipinski definition) is 3. The van der Waals surface area contributed by atoms with Crippen LogP contribution in [0.4, 0.5) is 0 Å². The number of carbonyl (C=O) groups excluding carboxylic acids is 3. The summed E-state index contributed by atoms with van der Waals surface area (Å²) in [6.07, 6.45) is 2.78. The van der Waals surface area contributed by atoms with Gasteiger partial charge in [0, 0.05) is 6.08 Å². The van der Waals surface area contributed by atoms with Gasteiger partial charge in [0.1, 0.15) is 0 Å². The fourth-order valence-electron chi connectivity index (χ4n) is 2.10. The van der Waals surface area contributed by atoms with Crippen molar-refractivity contribution in [3.63, 3.8) is 0 Å². The highest BCUT2D eigenvalue weighted by atomic mass is 16.2. The minimum Gasteiger partial charge on any atom is -0.367 e. The largest absolute Gasteiger partial charge is 0.367 e. The predicted octanol–water partition coefficient (Wildman–Crippen LogP) is 0.822. The number of nitrogens with two attached hydrogens (primary N) is 2. The molecule has 6 heteroatoms. The van der Waals surface area contributed by atoms with E-state index >= 15 is 0 Å². The molecule has 2 aromatic rings. The normalized spacial score (nSPS) is 10.7. The van der Waals surface area contributed by atoms with Crippen molar-refractivity contribution in [1.82, 2.24) is 5.32 Å². The van der Waals surface area contributed by atoms with Gasteiger partial charge in [-0.25, -0.2) is 0 Å². The van der Waals surface area contributed by atoms with Gasteiger partial charge >= 0.3 is 0 Å². The zero-order valence-electron chi connectivity index (χ0n) is 12.8. The van der Waals surface area contributed by atoms with E-state index in [0.717, 1.165) is 16.7 Å². The molecule has 0 aliphatic carbocycles. The highest BCUT2D eigenvalue weighted by Gasteiger charge is 2.22. The van der Waals surface area contributed by atoms with Crippen LogP contribution in [0.1, 0.15) is 5.56 Å². The van der Waals surface area contributed by atoms with Crippen LogP contribution in [0.2, 0.25) is 0 Å². The van der Waals surface area contributed by atoms with E-state index in [9.17, 15) is 14.4 Å². The first-order valence-electron chi connectivity index (χ1n) is 7.20. The van der Waals surface area contributed by atoms with E-state index in [0.29, 0.717) is 0 Å². The van der Waals surface area contributed by atoms with Crippen molar-refractivity contribution >= 4 is 23.8 Å². The molecule has 0 fully saturated rings. The second-order valence-electron chi connectivity index (χ2n) is 5.07. The Morgan fingerprint density at radius 3 is 2.12 bits per heavy atom. The summed E-state index contributed by atoms with van der Waals surface area (Å²) >= 11 is 0. The van der Waals surface area contributed by atoms with Crippen molar-refractivity contribution in [2.75, 3.05) is 0 Å². The Bertz CT molecular complexity index is 771. The molecule has 0 atom stereocenters. The predicted molar refractivity (Wildman–Crippen MR) is 91.2 cm³/mol. The minimum atomic E-state index is -1.53. The highest BCUT2D eigenvalue weighted by molar-refractivity contribution is 6.07. The van der Waals surface area contributed by atoms with Crippen LogP contribution in [0.25, 0.3) is 17.2 Å². The van der Waals surface area contributed by atoms with Crippen molar-refractivity contribution in [1.29, 1.82) is 0 Å². The number of benzene rings is 2. The van der Waals surface area contributed by atoms with Gasteiger partial charge in [0.15, 0.2) is 6.04 Å². The zero-order chi connectivity index (χ0) is 17.5. The molecule has 6 nitrogen and oxygen atoms in total. The molecule has 122 valence electrons. The summed E-state index contributed by atoms with van der Waals surface area (Å²) in [5.74, 6) is -2.65. The Kier molecular flexibility index (Phi) is 5.46. The van der Waals surface area contributed by atoms with Gasteiger partial charge in [-0.3, -0.25) is 14.4 Å². The third kappa shape index (κ3) is 4.54. The summed E-state index contributed by atoms with van der Waals surface area (Å²) in [5.41, 5.74) is 12.9. The average molecular weight is 323 g/mol. The molecular weight excluding hydrogens is 306 g/mol. The molecule has 0 aliphatic rings. The Morgan fingerprint density at radius 2 is 1.50 bits per heavy atom. The lowest BCUT2D eigenvalue weighted by Gasteiger charge is -2.09. The maximum absolute atomic E-state index is 11.8. The highest BCUT2D eigenvalue weighted by Crippen LogP contribution is 2.20. The standard InChI is InChI=1S/C18H17N3O3/c19-17(23)16(18(20)24)21-15(22)10-9-12-5-4-8-14(11-12)13-6-2-1-3-7-13/h1-11,16H,(H2,19,23)(H2,20,24)(H,21,22)/b10-9+. The van der Waals surface area contributed by atoms with Gasteiger partial charge in [-0.1, -0.05) is 48.5 Å². The van der Waals surface area contributed by atoms with Crippen LogP contribution in [0, 0.1) is 0 Å². The Morgan fingerprint density at radius 1 is 0.875 bits per heavy atom. The molecule has 2 aromatic carbocycles. The van der Waals surface area contributed by atoms with Gasteiger partial charge in [-0.15, -0.1) is 0 Å². The quantitative estimate of drug-likeness (QED) is 0.540. The minimum absolute atomic E-state index is 0.636. The van der Waals surface area contributed by atoms with Gasteiger partial charge in [0.05, 0.1) is 0 Å². The van der Waals surface area contributed by atoms with Crippen molar-refractivity contribution in [2.24, 2.45) is 11.5 Å². The number of nitrogens with one attached hydrogen (secondary N) is 1. The maximum Gasteiger partial charge on any atom is 0.249 e. The van der Waals surface area contributed by atoms with Crippen molar-refractivity contribution < 1.29 is 14.4 Å². The number of primary amides is 2. The van der Waals surface area contributed by atoms with E-state index < -0.39 is 23.8 Å². The van der Waals surface area contributed by atoms with Crippen LogP contribution in [-0.4, -0.2) is 23.8 Å². The van der Waals surface area contributed by atoms with E-state index in [1.165, 1.54) is 6.08 Å². The molecule has 0 aliphatic heterocycles. The van der Waals surface area contributed by atoms with Crippen LogP contribution < -0.4 is 16.8 Å². The first-order valence-corrected chi connectivity index (χ1v) is 7.20. The molecule has 0 heterocycles. The summed E-state index contributed by atoms with van der Waals surface area (Å²) in [5, 5.41) is 2.16. The molecule has 0 spiro atoms. The molecule has 3 amide bonds. The third-order valence-electron chi connectivity index (χ3n) is 3.28. The van der Waals surface area contributed by atoms with Crippen LogP contribution in [0.15, 0.2) is 60.7 Å². The van der Waals surface area contributed by atoms with Gasteiger partial charge in [0.2, 0.25) is 17.7 Å². The first kappa shape index (κ1) is 17.0. The second kappa shape index (κ2) is 7.73. The lowest BCUT2D eigenvalue weighted by Crippen LogP contribution is -2.52. The summed E-state index contributed by atoms with van der Waals surface area (Å²) < 4.78 is 0. The molecule has 0 bridgehead atoms. The van der Waals surface area contributed by atoms with E-state index in [1.54, 1.807) is 6.08 Å². The molecule has 2 rings (SSSR count). The van der Waals surface area contributed by atoms with Crippen LogP contribution in [-0.2, 0) is 14.4 Å². The lowest BCUT2D eigenvalue weighted by atomic mass is 10.0. The number of hydrogen-bond acceptors (Lipinski definition) is 3. The van der Waals surface area contributed by atoms with E-state index in [2.05, 4.69) is 5.32 Å². The molecular formula is C18H17N3O3. The van der Waals surface area contributed by atoms with E-state index in [4.69, 9.17) is 11.5 Å². The number of carbonyl (C=O) groups is 3. The molecule has 0 saturated carbocycles. The van der Waals surface area contributed by atoms with Crippen LogP contribution in [0.3, 0.4) is 0 Å². The summed E-state index contributed by atoms with van der Waals surface area (Å²) in [6.45, 7) is 0. The van der Waals surface area contributed by atoms with Gasteiger partial charge < -0.3 is 16.8 Å². The van der Waals surface area contributed by atoms with E-state index in [1.807, 2.05) is 54.6 Å². The Balaban J connectivity index is 2.10. The molecule has 0 aromatic heterocycles. The first-order chi connectivity index (χ1) is 11.5. The van der Waals surface area contributed by atoms with Gasteiger partial charge in [0.25, 0.3) is 0 Å². The zero-order valence-corrected chi connectivity index (χ0v) is 12.8. The summed E-state index contributed by atoms with van der Waals surface area (Å²) in [6, 6.07) is 15.8. The summed E-state index contributed by atoms with van der Waals surface area (Å²) in [7, 11) is 0. The fraction of sp³-hybridized carbons (Fsp3) is 0.0556. The topological polar surface area (TPSA) is 115 Å². The molecule has 5 N–H and O–H groups in total. The van der Waals surface area contributed by atoms with Crippen molar-refractivity contribution in [3.05, 3.63) is 66.2 Å². The molecule has 0 radical (unpaired) electrons. The Labute approximate surface area is 139 Å². The fourth-order valence-corrected chi connectivity index (χ4v) is 2.10. The van der Waals surface area contributed by atoms with Crippen LogP contribution in [0.5, 0.6) is 0 Å². The molecule has 24 heavy (non-hydrogen) atoms. The maximum atomic E-state index is 11.8. The average Bonchev–Trinajstić information content (AvgIpc) is 2.58. The SMILES string of the molecule is NC(=O)C(NC(=O)/C=C/c1cccc(-c2ccccc2)c1)C(N)=O. The summed E-state index contributed by atoms with van der Waals surface area (Å²) in [4.78, 5) is 33.8. The van der Waals surface area contributed by atoms with Gasteiger partial charge in [-0.05, 0) is 28.8 Å². The van der Waals surface area contributed by atoms with Crippen molar-refractivity contribution in [2.45, 2.75) is 6.04 Å². The number of rotatable bonds is 6. The Hall–Kier alpha value is -3.41. The second-order valence-corrected chi connectivity index (χ2v) is 5.07. The number of amides is 3. The smallest absolute Gasteiger partial charge is 0.249 e. The monoisotopic (exact) mass is 323 g/mol. The third-order valence-corrected chi connectivity index (χ3v) is 3.28. The van der Waals surface area contributed by atoms with Crippen LogP contribution >= 0.6 is 0 Å². The molecule has 0 saturated heterocycles. The van der Waals surface area contributed by atoms with E-state index in [-0.39, 0.29) is 0 Å². The van der Waals surface area contributed by atoms with Gasteiger partial charge in [-0.2, -0.15) is 0 Å². The lowest BCUT2D eigenvalue weighted by molar-refractivity contribution is -0.132.